The van der Waals surface area contributed by atoms with Crippen molar-refractivity contribution in [2.75, 3.05) is 13.1 Å². The maximum Gasteiger partial charge on any atom is 0.0664 e. The summed E-state index contributed by atoms with van der Waals surface area (Å²) in [6.45, 7) is 6.37. The highest BCUT2D eigenvalue weighted by atomic mass is 16.3. The molecule has 0 radical (unpaired) electrons. The molecule has 1 atom stereocenters. The largest absolute Gasteiger partial charge is 0.392 e. The molecule has 0 aromatic carbocycles. The molecule has 2 nitrogen and oxygen atoms in total. The van der Waals surface area contributed by atoms with Crippen molar-refractivity contribution in [3.63, 3.8) is 0 Å². The molecule has 0 aliphatic rings. The third-order valence-corrected chi connectivity index (χ3v) is 4.98. The van der Waals surface area contributed by atoms with Crippen molar-refractivity contribution < 1.29 is 5.11 Å². The predicted octanol–water partition coefficient (Wildman–Crippen LogP) is 6.61. The highest BCUT2D eigenvalue weighted by Crippen LogP contribution is 2.11. The maximum atomic E-state index is 9.88. The number of aliphatic hydroxyl groups is 1. The van der Waals surface area contributed by atoms with Crippen LogP contribution in [0.3, 0.4) is 0 Å². The van der Waals surface area contributed by atoms with Gasteiger partial charge in [-0.1, -0.05) is 110 Å². The van der Waals surface area contributed by atoms with E-state index in [1.807, 2.05) is 0 Å². The maximum absolute atomic E-state index is 9.88. The minimum atomic E-state index is -0.140. The zero-order valence-electron chi connectivity index (χ0n) is 17.0. The molecule has 0 aromatic rings. The zero-order chi connectivity index (χ0) is 17.7. The Morgan fingerprint density at radius 1 is 0.583 bits per heavy atom. The van der Waals surface area contributed by atoms with Crippen LogP contribution in [0.15, 0.2) is 0 Å². The molecule has 0 aromatic heterocycles. The minimum absolute atomic E-state index is 0.140. The Labute approximate surface area is 153 Å². The van der Waals surface area contributed by atoms with Crippen molar-refractivity contribution >= 4 is 0 Å². The molecule has 0 saturated heterocycles. The van der Waals surface area contributed by atoms with E-state index in [-0.39, 0.29) is 6.10 Å². The summed E-state index contributed by atoms with van der Waals surface area (Å²) in [7, 11) is 0. The van der Waals surface area contributed by atoms with Gasteiger partial charge in [0, 0.05) is 6.54 Å². The summed E-state index contributed by atoms with van der Waals surface area (Å²) < 4.78 is 0. The molecule has 0 spiro atoms. The third kappa shape index (κ3) is 20.0. The Hall–Kier alpha value is -0.0800. The van der Waals surface area contributed by atoms with E-state index in [0.29, 0.717) is 0 Å². The summed E-state index contributed by atoms with van der Waals surface area (Å²) in [6, 6.07) is 0. The number of unbranched alkanes of at least 4 members (excludes halogenated alkanes) is 14. The first-order valence-corrected chi connectivity index (χ1v) is 11.2. The standard InChI is InChI=1S/C22H47NO/c1-3-5-7-9-10-11-12-13-14-15-16-18-20-23-21-22(24)19-17-8-6-4-2/h22-24H,3-21H2,1-2H3. The van der Waals surface area contributed by atoms with E-state index in [0.717, 1.165) is 19.5 Å². The van der Waals surface area contributed by atoms with E-state index >= 15 is 0 Å². The van der Waals surface area contributed by atoms with Gasteiger partial charge in [0.05, 0.1) is 6.10 Å². The molecule has 1 unspecified atom stereocenters. The summed E-state index contributed by atoms with van der Waals surface area (Å²) in [6.07, 6.45) is 22.7. The van der Waals surface area contributed by atoms with Gasteiger partial charge in [0.2, 0.25) is 0 Å². The quantitative estimate of drug-likeness (QED) is 0.244. The SMILES string of the molecule is CCCCCCCCCCCCCCNCC(O)CCCCCC. The average Bonchev–Trinajstić information content (AvgIpc) is 2.59. The number of aliphatic hydroxyl groups excluding tert-OH is 1. The molecule has 146 valence electrons. The monoisotopic (exact) mass is 341 g/mol. The first kappa shape index (κ1) is 23.9. The van der Waals surface area contributed by atoms with Crippen molar-refractivity contribution in [3.8, 4) is 0 Å². The van der Waals surface area contributed by atoms with E-state index < -0.39 is 0 Å². The first-order valence-electron chi connectivity index (χ1n) is 11.2. The molecular weight excluding hydrogens is 294 g/mol. The van der Waals surface area contributed by atoms with Crippen LogP contribution in [0.4, 0.5) is 0 Å². The van der Waals surface area contributed by atoms with Crippen molar-refractivity contribution in [3.05, 3.63) is 0 Å². The van der Waals surface area contributed by atoms with E-state index in [2.05, 4.69) is 19.2 Å². The Balaban J connectivity index is 3.06. The molecular formula is C22H47NO. The van der Waals surface area contributed by atoms with Crippen molar-refractivity contribution in [2.45, 2.75) is 129 Å². The van der Waals surface area contributed by atoms with Crippen molar-refractivity contribution in [2.24, 2.45) is 0 Å². The van der Waals surface area contributed by atoms with Gasteiger partial charge in [0.25, 0.3) is 0 Å². The molecule has 0 heterocycles. The number of rotatable bonds is 20. The van der Waals surface area contributed by atoms with E-state index in [9.17, 15) is 5.11 Å². The van der Waals surface area contributed by atoms with E-state index in [1.54, 1.807) is 0 Å². The van der Waals surface area contributed by atoms with Gasteiger partial charge in [0.15, 0.2) is 0 Å². The van der Waals surface area contributed by atoms with Crippen molar-refractivity contribution in [1.29, 1.82) is 0 Å². The molecule has 0 saturated carbocycles. The second-order valence-corrected chi connectivity index (χ2v) is 7.60. The highest BCUT2D eigenvalue weighted by molar-refractivity contribution is 4.60. The second kappa shape index (κ2) is 21.0. The number of hydrogen-bond acceptors (Lipinski definition) is 2. The van der Waals surface area contributed by atoms with Gasteiger partial charge in [-0.25, -0.2) is 0 Å². The Kier molecular flexibility index (Phi) is 20.9. The lowest BCUT2D eigenvalue weighted by Crippen LogP contribution is -2.27. The van der Waals surface area contributed by atoms with Crippen molar-refractivity contribution in [1.82, 2.24) is 5.32 Å². The predicted molar refractivity (Wildman–Crippen MR) is 109 cm³/mol. The van der Waals surface area contributed by atoms with Gasteiger partial charge in [-0.2, -0.15) is 0 Å². The molecule has 0 rings (SSSR count). The lowest BCUT2D eigenvalue weighted by molar-refractivity contribution is 0.158. The smallest absolute Gasteiger partial charge is 0.0664 e. The van der Waals surface area contributed by atoms with Crippen LogP contribution in [0.2, 0.25) is 0 Å². The van der Waals surface area contributed by atoms with Crippen LogP contribution >= 0.6 is 0 Å². The topological polar surface area (TPSA) is 32.3 Å². The van der Waals surface area contributed by atoms with Crippen LogP contribution in [0, 0.1) is 0 Å². The average molecular weight is 342 g/mol. The normalized spacial score (nSPS) is 12.6. The van der Waals surface area contributed by atoms with Crippen LogP contribution in [0.25, 0.3) is 0 Å². The summed E-state index contributed by atoms with van der Waals surface area (Å²) in [4.78, 5) is 0. The lowest BCUT2D eigenvalue weighted by atomic mass is 10.1. The van der Waals surface area contributed by atoms with Gasteiger partial charge in [-0.3, -0.25) is 0 Å². The summed E-state index contributed by atoms with van der Waals surface area (Å²) >= 11 is 0. The fourth-order valence-electron chi connectivity index (χ4n) is 3.27. The zero-order valence-corrected chi connectivity index (χ0v) is 17.0. The first-order chi connectivity index (χ1) is 11.8. The van der Waals surface area contributed by atoms with Gasteiger partial charge >= 0.3 is 0 Å². The molecule has 24 heavy (non-hydrogen) atoms. The highest BCUT2D eigenvalue weighted by Gasteiger charge is 2.02. The van der Waals surface area contributed by atoms with Gasteiger partial charge in [0.1, 0.15) is 0 Å². The third-order valence-electron chi connectivity index (χ3n) is 4.98. The molecule has 0 aliphatic heterocycles. The molecule has 2 heteroatoms. The summed E-state index contributed by atoms with van der Waals surface area (Å²) in [5, 5.41) is 13.3. The molecule has 0 bridgehead atoms. The van der Waals surface area contributed by atoms with E-state index in [1.165, 1.54) is 103 Å². The van der Waals surface area contributed by atoms with Crippen LogP contribution in [-0.4, -0.2) is 24.3 Å². The minimum Gasteiger partial charge on any atom is -0.392 e. The number of hydrogen-bond donors (Lipinski definition) is 2. The molecule has 2 N–H and O–H groups in total. The Morgan fingerprint density at radius 2 is 1.00 bits per heavy atom. The van der Waals surface area contributed by atoms with Crippen LogP contribution in [0.1, 0.15) is 123 Å². The number of nitrogens with one attached hydrogen (secondary N) is 1. The van der Waals surface area contributed by atoms with Gasteiger partial charge in [-0.05, 0) is 19.4 Å². The molecule has 0 fully saturated rings. The summed E-state index contributed by atoms with van der Waals surface area (Å²) in [5.74, 6) is 0. The molecule has 0 aliphatic carbocycles. The Bertz CT molecular complexity index is 220. The summed E-state index contributed by atoms with van der Waals surface area (Å²) in [5.41, 5.74) is 0. The van der Waals surface area contributed by atoms with Gasteiger partial charge < -0.3 is 10.4 Å². The van der Waals surface area contributed by atoms with Crippen LogP contribution in [-0.2, 0) is 0 Å². The fraction of sp³-hybridized carbons (Fsp3) is 1.00. The van der Waals surface area contributed by atoms with Crippen LogP contribution in [0.5, 0.6) is 0 Å². The second-order valence-electron chi connectivity index (χ2n) is 7.60. The lowest BCUT2D eigenvalue weighted by Gasteiger charge is -2.11. The molecule has 0 amide bonds. The van der Waals surface area contributed by atoms with E-state index in [4.69, 9.17) is 0 Å². The Morgan fingerprint density at radius 3 is 1.50 bits per heavy atom. The fourth-order valence-corrected chi connectivity index (χ4v) is 3.27. The van der Waals surface area contributed by atoms with Gasteiger partial charge in [-0.15, -0.1) is 0 Å². The van der Waals surface area contributed by atoms with Crippen LogP contribution < -0.4 is 5.32 Å².